The standard InChI is InChI=1S/C22H17NO/c1-15-11-13-17(14-12-15)20(16-7-3-2-4-8-16)21-18-9-5-6-10-19(18)23-22(21)24/h2-14H,1H3,(H,23,24). The lowest BCUT2D eigenvalue weighted by Crippen LogP contribution is -2.06. The molecule has 0 aromatic heterocycles. The van der Waals surface area contributed by atoms with Crippen molar-refractivity contribution in [3.05, 3.63) is 101 Å². The topological polar surface area (TPSA) is 29.1 Å². The Morgan fingerprint density at radius 3 is 2.12 bits per heavy atom. The van der Waals surface area contributed by atoms with Gasteiger partial charge in [-0.3, -0.25) is 4.79 Å². The minimum absolute atomic E-state index is 0.0457. The number of hydrogen-bond donors (Lipinski definition) is 1. The highest BCUT2D eigenvalue weighted by atomic mass is 16.2. The van der Waals surface area contributed by atoms with Crippen molar-refractivity contribution in [1.82, 2.24) is 0 Å². The first-order chi connectivity index (χ1) is 11.7. The molecule has 0 spiro atoms. The first kappa shape index (κ1) is 14.5. The maximum Gasteiger partial charge on any atom is 0.257 e. The van der Waals surface area contributed by atoms with E-state index in [4.69, 9.17) is 0 Å². The summed E-state index contributed by atoms with van der Waals surface area (Å²) in [4.78, 5) is 12.7. The fraction of sp³-hybridized carbons (Fsp3) is 0.0455. The van der Waals surface area contributed by atoms with E-state index in [2.05, 4.69) is 48.6 Å². The second-order valence-corrected chi connectivity index (χ2v) is 5.98. The van der Waals surface area contributed by atoms with Gasteiger partial charge in [0.1, 0.15) is 0 Å². The average molecular weight is 311 g/mol. The number of carbonyl (C=O) groups excluding carboxylic acids is 1. The Bertz CT molecular complexity index is 937. The van der Waals surface area contributed by atoms with Crippen LogP contribution in [0.1, 0.15) is 22.3 Å². The van der Waals surface area contributed by atoms with Crippen LogP contribution < -0.4 is 5.32 Å². The Hall–Kier alpha value is -3.13. The molecule has 0 bridgehead atoms. The molecule has 116 valence electrons. The van der Waals surface area contributed by atoms with E-state index in [1.54, 1.807) is 0 Å². The molecule has 3 aromatic carbocycles. The van der Waals surface area contributed by atoms with Crippen molar-refractivity contribution in [2.24, 2.45) is 0 Å². The van der Waals surface area contributed by atoms with Crippen LogP contribution in [0.15, 0.2) is 78.9 Å². The second-order valence-electron chi connectivity index (χ2n) is 5.98. The van der Waals surface area contributed by atoms with E-state index >= 15 is 0 Å². The summed E-state index contributed by atoms with van der Waals surface area (Å²) >= 11 is 0. The highest BCUT2D eigenvalue weighted by Gasteiger charge is 2.28. The summed E-state index contributed by atoms with van der Waals surface area (Å²) in [6.45, 7) is 2.07. The monoisotopic (exact) mass is 311 g/mol. The van der Waals surface area contributed by atoms with Gasteiger partial charge in [-0.1, -0.05) is 78.4 Å². The van der Waals surface area contributed by atoms with Crippen LogP contribution in [0, 0.1) is 6.92 Å². The number of rotatable bonds is 2. The second kappa shape index (κ2) is 5.82. The van der Waals surface area contributed by atoms with Crippen molar-refractivity contribution >= 4 is 22.7 Å². The highest BCUT2D eigenvalue weighted by molar-refractivity contribution is 6.38. The first-order valence-corrected chi connectivity index (χ1v) is 8.01. The zero-order chi connectivity index (χ0) is 16.5. The maximum absolute atomic E-state index is 12.7. The van der Waals surface area contributed by atoms with E-state index < -0.39 is 0 Å². The molecule has 2 nitrogen and oxygen atoms in total. The van der Waals surface area contributed by atoms with Gasteiger partial charge < -0.3 is 5.32 Å². The zero-order valence-corrected chi connectivity index (χ0v) is 13.4. The number of amides is 1. The molecule has 1 amide bonds. The number of nitrogens with one attached hydrogen (secondary N) is 1. The quantitative estimate of drug-likeness (QED) is 0.670. The summed E-state index contributed by atoms with van der Waals surface area (Å²) in [5.74, 6) is -0.0457. The van der Waals surface area contributed by atoms with Crippen LogP contribution in [0.4, 0.5) is 5.69 Å². The molecule has 1 aliphatic rings. The van der Waals surface area contributed by atoms with E-state index in [1.807, 2.05) is 42.5 Å². The molecule has 0 radical (unpaired) electrons. The van der Waals surface area contributed by atoms with Crippen LogP contribution in [0.2, 0.25) is 0 Å². The third-order valence-corrected chi connectivity index (χ3v) is 4.32. The van der Waals surface area contributed by atoms with Crippen LogP contribution in [0.3, 0.4) is 0 Å². The van der Waals surface area contributed by atoms with Gasteiger partial charge in [0.25, 0.3) is 5.91 Å². The molecule has 4 rings (SSSR count). The minimum atomic E-state index is -0.0457. The average Bonchev–Trinajstić information content (AvgIpc) is 2.94. The van der Waals surface area contributed by atoms with Gasteiger partial charge in [0, 0.05) is 16.8 Å². The fourth-order valence-electron chi connectivity index (χ4n) is 3.15. The van der Waals surface area contributed by atoms with Crippen molar-refractivity contribution in [3.63, 3.8) is 0 Å². The lowest BCUT2D eigenvalue weighted by molar-refractivity contribution is -0.110. The van der Waals surface area contributed by atoms with Crippen LogP contribution in [-0.4, -0.2) is 5.91 Å². The molecule has 0 atom stereocenters. The largest absolute Gasteiger partial charge is 0.321 e. The van der Waals surface area contributed by atoms with Gasteiger partial charge in [-0.25, -0.2) is 0 Å². The number of benzene rings is 3. The van der Waals surface area contributed by atoms with Gasteiger partial charge >= 0.3 is 0 Å². The summed E-state index contributed by atoms with van der Waals surface area (Å²) < 4.78 is 0. The van der Waals surface area contributed by atoms with Gasteiger partial charge in [0.2, 0.25) is 0 Å². The molecule has 0 fully saturated rings. The molecule has 0 aliphatic carbocycles. The number of fused-ring (bicyclic) bond motifs is 1. The van der Waals surface area contributed by atoms with E-state index in [-0.39, 0.29) is 5.91 Å². The molecule has 0 unspecified atom stereocenters. The normalized spacial score (nSPS) is 15.0. The fourth-order valence-corrected chi connectivity index (χ4v) is 3.15. The molecular weight excluding hydrogens is 294 g/mol. The lowest BCUT2D eigenvalue weighted by atomic mass is 9.90. The van der Waals surface area contributed by atoms with Crippen molar-refractivity contribution in [2.75, 3.05) is 5.32 Å². The van der Waals surface area contributed by atoms with Crippen molar-refractivity contribution in [3.8, 4) is 0 Å². The number of carbonyl (C=O) groups is 1. The molecule has 1 heterocycles. The zero-order valence-electron chi connectivity index (χ0n) is 13.4. The number of para-hydroxylation sites is 1. The SMILES string of the molecule is Cc1ccc(C(=C2C(=O)Nc3ccccc32)c2ccccc2)cc1. The Kier molecular flexibility index (Phi) is 3.51. The van der Waals surface area contributed by atoms with Crippen LogP contribution in [0.25, 0.3) is 11.1 Å². The summed E-state index contributed by atoms with van der Waals surface area (Å²) in [6.07, 6.45) is 0. The van der Waals surface area contributed by atoms with Crippen molar-refractivity contribution in [2.45, 2.75) is 6.92 Å². The molecule has 2 heteroatoms. The van der Waals surface area contributed by atoms with Crippen LogP contribution >= 0.6 is 0 Å². The molecule has 1 aliphatic heterocycles. The van der Waals surface area contributed by atoms with Crippen LogP contribution in [0.5, 0.6) is 0 Å². The van der Waals surface area contributed by atoms with Gasteiger partial charge in [-0.2, -0.15) is 0 Å². The highest BCUT2D eigenvalue weighted by Crippen LogP contribution is 2.39. The summed E-state index contributed by atoms with van der Waals surface area (Å²) in [7, 11) is 0. The third-order valence-electron chi connectivity index (χ3n) is 4.32. The smallest absolute Gasteiger partial charge is 0.257 e. The van der Waals surface area contributed by atoms with Crippen molar-refractivity contribution < 1.29 is 4.79 Å². The third kappa shape index (κ3) is 2.42. The van der Waals surface area contributed by atoms with E-state index in [1.165, 1.54) is 5.56 Å². The summed E-state index contributed by atoms with van der Waals surface area (Å²) in [6, 6.07) is 26.3. The van der Waals surface area contributed by atoms with E-state index in [9.17, 15) is 4.79 Å². The molecule has 3 aromatic rings. The van der Waals surface area contributed by atoms with Gasteiger partial charge in [-0.05, 0) is 24.1 Å². The predicted molar refractivity (Wildman–Crippen MR) is 98.6 cm³/mol. The molecule has 1 N–H and O–H groups in total. The molecule has 24 heavy (non-hydrogen) atoms. The van der Waals surface area contributed by atoms with Crippen LogP contribution in [-0.2, 0) is 4.79 Å². The van der Waals surface area contributed by atoms with Gasteiger partial charge in [0.05, 0.1) is 5.57 Å². The maximum atomic E-state index is 12.7. The molecule has 0 saturated heterocycles. The number of anilines is 1. The molecular formula is C22H17NO. The van der Waals surface area contributed by atoms with E-state index in [0.717, 1.165) is 33.5 Å². The van der Waals surface area contributed by atoms with Crippen molar-refractivity contribution in [1.29, 1.82) is 0 Å². The summed E-state index contributed by atoms with van der Waals surface area (Å²) in [5, 5.41) is 2.98. The Morgan fingerprint density at radius 1 is 0.750 bits per heavy atom. The number of aryl methyl sites for hydroxylation is 1. The van der Waals surface area contributed by atoms with E-state index in [0.29, 0.717) is 0 Å². The summed E-state index contributed by atoms with van der Waals surface area (Å²) in [5.41, 5.74) is 6.84. The first-order valence-electron chi connectivity index (χ1n) is 8.01. The Morgan fingerprint density at radius 2 is 1.38 bits per heavy atom. The minimum Gasteiger partial charge on any atom is -0.321 e. The lowest BCUT2D eigenvalue weighted by Gasteiger charge is -2.12. The Balaban J connectivity index is 2.03. The van der Waals surface area contributed by atoms with Gasteiger partial charge in [-0.15, -0.1) is 0 Å². The predicted octanol–water partition coefficient (Wildman–Crippen LogP) is 4.91. The number of hydrogen-bond acceptors (Lipinski definition) is 1. The Labute approximate surface area is 141 Å². The van der Waals surface area contributed by atoms with Gasteiger partial charge in [0.15, 0.2) is 0 Å². The molecule has 0 saturated carbocycles.